The summed E-state index contributed by atoms with van der Waals surface area (Å²) in [7, 11) is 0. The largest absolute Gasteiger partial charge is 0.390 e. The van der Waals surface area contributed by atoms with Crippen molar-refractivity contribution in [1.82, 2.24) is 0 Å². The van der Waals surface area contributed by atoms with Gasteiger partial charge in [-0.1, -0.05) is 39.0 Å². The number of hydrogen-bond donors (Lipinski definition) is 1. The van der Waals surface area contributed by atoms with E-state index in [1.54, 1.807) is 0 Å². The number of rotatable bonds is 3. The van der Waals surface area contributed by atoms with Gasteiger partial charge in [0.15, 0.2) is 0 Å². The van der Waals surface area contributed by atoms with E-state index in [1.807, 2.05) is 0 Å². The number of aliphatic hydroxyl groups is 1. The number of unbranched alkanes of at least 4 members (excludes halogenated alkanes) is 1. The summed E-state index contributed by atoms with van der Waals surface area (Å²) in [6.07, 6.45) is 11.4. The van der Waals surface area contributed by atoms with Crippen molar-refractivity contribution in [3.05, 3.63) is 0 Å². The lowest BCUT2D eigenvalue weighted by Crippen LogP contribution is -2.53. The van der Waals surface area contributed by atoms with E-state index < -0.39 is 0 Å². The molecule has 0 spiro atoms. The average molecular weight is 196 g/mol. The first-order valence-corrected chi connectivity index (χ1v) is 6.48. The van der Waals surface area contributed by atoms with Gasteiger partial charge in [0.2, 0.25) is 0 Å². The highest BCUT2D eigenvalue weighted by atomic mass is 16.3. The third-order valence-electron chi connectivity index (χ3n) is 4.43. The lowest BCUT2D eigenvalue weighted by Gasteiger charge is -2.52. The maximum atomic E-state index is 10.5. The Morgan fingerprint density at radius 2 is 2.00 bits per heavy atom. The van der Waals surface area contributed by atoms with E-state index in [-0.39, 0.29) is 5.60 Å². The molecule has 1 N–H and O–H groups in total. The minimum atomic E-state index is -0.245. The third-order valence-corrected chi connectivity index (χ3v) is 4.43. The van der Waals surface area contributed by atoms with Gasteiger partial charge in [0.25, 0.3) is 0 Å². The molecule has 0 aromatic rings. The zero-order chi connectivity index (χ0) is 10.0. The highest BCUT2D eigenvalue weighted by molar-refractivity contribution is 5.02. The highest BCUT2D eigenvalue weighted by Crippen LogP contribution is 2.52. The first kappa shape index (κ1) is 10.5. The van der Waals surface area contributed by atoms with Crippen molar-refractivity contribution in [2.45, 2.75) is 70.3 Å². The second-order valence-electron chi connectivity index (χ2n) is 5.42. The Balaban J connectivity index is 1.89. The Labute approximate surface area is 87.9 Å². The van der Waals surface area contributed by atoms with Gasteiger partial charge in [-0.15, -0.1) is 0 Å². The molecule has 0 aromatic carbocycles. The van der Waals surface area contributed by atoms with Gasteiger partial charge in [-0.05, 0) is 37.5 Å². The zero-order valence-corrected chi connectivity index (χ0v) is 9.47. The van der Waals surface area contributed by atoms with Gasteiger partial charge in [0.05, 0.1) is 5.60 Å². The Hall–Kier alpha value is -0.0400. The van der Waals surface area contributed by atoms with E-state index in [9.17, 15) is 5.11 Å². The molecule has 0 bridgehead atoms. The molecule has 0 heterocycles. The van der Waals surface area contributed by atoms with Gasteiger partial charge < -0.3 is 5.11 Å². The second-order valence-corrected chi connectivity index (χ2v) is 5.42. The molecular formula is C13H24O. The molecule has 2 aliphatic rings. The summed E-state index contributed by atoms with van der Waals surface area (Å²) in [5, 5.41) is 10.5. The van der Waals surface area contributed by atoms with Gasteiger partial charge in [0.1, 0.15) is 0 Å². The van der Waals surface area contributed by atoms with Gasteiger partial charge in [-0.2, -0.15) is 0 Å². The van der Waals surface area contributed by atoms with Crippen LogP contribution in [0.25, 0.3) is 0 Å². The Kier molecular flexibility index (Phi) is 3.16. The van der Waals surface area contributed by atoms with E-state index in [1.165, 1.54) is 44.9 Å². The fraction of sp³-hybridized carbons (Fsp3) is 1.00. The molecule has 14 heavy (non-hydrogen) atoms. The maximum Gasteiger partial charge on any atom is 0.0681 e. The van der Waals surface area contributed by atoms with Crippen molar-refractivity contribution in [1.29, 1.82) is 0 Å². The first-order chi connectivity index (χ1) is 6.76. The third kappa shape index (κ3) is 1.84. The molecule has 2 rings (SSSR count). The summed E-state index contributed by atoms with van der Waals surface area (Å²) in [6, 6.07) is 0. The van der Waals surface area contributed by atoms with Crippen molar-refractivity contribution < 1.29 is 5.11 Å². The molecule has 2 aliphatic carbocycles. The standard InChI is InChI=1S/C13H24O/c1-2-3-9-13(14)10-11-7-5-4-6-8-12(11)13/h11-12,14H,2-10H2,1H3. The van der Waals surface area contributed by atoms with Crippen molar-refractivity contribution in [2.75, 3.05) is 0 Å². The van der Waals surface area contributed by atoms with Crippen LogP contribution in [0.4, 0.5) is 0 Å². The molecule has 3 atom stereocenters. The molecule has 2 fully saturated rings. The van der Waals surface area contributed by atoms with Crippen LogP contribution in [0.1, 0.15) is 64.7 Å². The molecule has 2 saturated carbocycles. The van der Waals surface area contributed by atoms with E-state index in [0.717, 1.165) is 18.8 Å². The van der Waals surface area contributed by atoms with Crippen molar-refractivity contribution >= 4 is 0 Å². The summed E-state index contributed by atoms with van der Waals surface area (Å²) in [6.45, 7) is 2.21. The van der Waals surface area contributed by atoms with E-state index >= 15 is 0 Å². The fourth-order valence-electron chi connectivity index (χ4n) is 3.55. The lowest BCUT2D eigenvalue weighted by molar-refractivity contribution is -0.146. The summed E-state index contributed by atoms with van der Waals surface area (Å²) >= 11 is 0. The van der Waals surface area contributed by atoms with Gasteiger partial charge in [-0.3, -0.25) is 0 Å². The number of fused-ring (bicyclic) bond motifs is 1. The molecule has 0 saturated heterocycles. The average Bonchev–Trinajstić information content (AvgIpc) is 2.36. The van der Waals surface area contributed by atoms with Crippen LogP contribution in [0.3, 0.4) is 0 Å². The molecule has 82 valence electrons. The van der Waals surface area contributed by atoms with Crippen molar-refractivity contribution in [2.24, 2.45) is 11.8 Å². The van der Waals surface area contributed by atoms with Crippen molar-refractivity contribution in [3.63, 3.8) is 0 Å². The zero-order valence-electron chi connectivity index (χ0n) is 9.47. The topological polar surface area (TPSA) is 20.2 Å². The van der Waals surface area contributed by atoms with Crippen LogP contribution in [-0.2, 0) is 0 Å². The van der Waals surface area contributed by atoms with E-state index in [0.29, 0.717) is 5.92 Å². The highest BCUT2D eigenvalue weighted by Gasteiger charge is 2.51. The quantitative estimate of drug-likeness (QED) is 0.732. The molecule has 3 unspecified atom stereocenters. The summed E-state index contributed by atoms with van der Waals surface area (Å²) in [5.74, 6) is 1.54. The number of hydrogen-bond acceptors (Lipinski definition) is 1. The molecular weight excluding hydrogens is 172 g/mol. The van der Waals surface area contributed by atoms with Crippen LogP contribution in [0.2, 0.25) is 0 Å². The minimum Gasteiger partial charge on any atom is -0.390 e. The summed E-state index contributed by atoms with van der Waals surface area (Å²) in [4.78, 5) is 0. The first-order valence-electron chi connectivity index (χ1n) is 6.48. The second kappa shape index (κ2) is 4.22. The van der Waals surface area contributed by atoms with E-state index in [2.05, 4.69) is 6.92 Å². The molecule has 1 nitrogen and oxygen atoms in total. The maximum absolute atomic E-state index is 10.5. The summed E-state index contributed by atoms with van der Waals surface area (Å²) in [5.41, 5.74) is -0.245. The Morgan fingerprint density at radius 3 is 2.79 bits per heavy atom. The van der Waals surface area contributed by atoms with Crippen molar-refractivity contribution in [3.8, 4) is 0 Å². The minimum absolute atomic E-state index is 0.245. The molecule has 0 aromatic heterocycles. The van der Waals surface area contributed by atoms with Crippen LogP contribution in [0.5, 0.6) is 0 Å². The molecule has 1 heteroatoms. The predicted molar refractivity (Wildman–Crippen MR) is 59.2 cm³/mol. The smallest absolute Gasteiger partial charge is 0.0681 e. The van der Waals surface area contributed by atoms with Gasteiger partial charge in [-0.25, -0.2) is 0 Å². The fourth-order valence-corrected chi connectivity index (χ4v) is 3.55. The van der Waals surface area contributed by atoms with Gasteiger partial charge >= 0.3 is 0 Å². The van der Waals surface area contributed by atoms with Crippen LogP contribution >= 0.6 is 0 Å². The van der Waals surface area contributed by atoms with Crippen LogP contribution in [0.15, 0.2) is 0 Å². The predicted octanol–water partition coefficient (Wildman–Crippen LogP) is 3.51. The molecule has 0 amide bonds. The monoisotopic (exact) mass is 196 g/mol. The Bertz CT molecular complexity index is 190. The summed E-state index contributed by atoms with van der Waals surface area (Å²) < 4.78 is 0. The molecule has 0 aliphatic heterocycles. The van der Waals surface area contributed by atoms with Crippen LogP contribution in [-0.4, -0.2) is 10.7 Å². The SMILES string of the molecule is CCCCC1(O)CC2CCCCCC21. The van der Waals surface area contributed by atoms with Gasteiger partial charge in [0, 0.05) is 0 Å². The van der Waals surface area contributed by atoms with E-state index in [4.69, 9.17) is 0 Å². The molecule has 0 radical (unpaired) electrons. The van der Waals surface area contributed by atoms with Crippen LogP contribution < -0.4 is 0 Å². The van der Waals surface area contributed by atoms with Crippen LogP contribution in [0, 0.1) is 11.8 Å². The normalized spacial score (nSPS) is 42.4. The Morgan fingerprint density at radius 1 is 1.21 bits per heavy atom. The lowest BCUT2D eigenvalue weighted by atomic mass is 9.57.